The molecule has 144 valence electrons. The van der Waals surface area contributed by atoms with E-state index in [4.69, 9.17) is 4.42 Å². The number of nitrogens with zero attached hydrogens (tertiary/aromatic N) is 2. The zero-order chi connectivity index (χ0) is 18.5. The summed E-state index contributed by atoms with van der Waals surface area (Å²) in [6.45, 7) is 5.41. The molecule has 2 fully saturated rings. The van der Waals surface area contributed by atoms with Gasteiger partial charge in [0, 0.05) is 19.1 Å². The summed E-state index contributed by atoms with van der Waals surface area (Å²) >= 11 is 0. The first-order valence-electron chi connectivity index (χ1n) is 10.2. The predicted molar refractivity (Wildman–Crippen MR) is 108 cm³/mol. The number of piperidine rings is 2. The van der Waals surface area contributed by atoms with Crippen molar-refractivity contribution >= 4 is 6.08 Å². The van der Waals surface area contributed by atoms with Gasteiger partial charge in [-0.05, 0) is 56.0 Å². The van der Waals surface area contributed by atoms with Crippen molar-refractivity contribution < 1.29 is 9.52 Å². The first kappa shape index (κ1) is 18.5. The number of aliphatic hydroxyl groups is 1. The quantitative estimate of drug-likeness (QED) is 0.845. The Hall–Kier alpha value is -1.88. The molecule has 27 heavy (non-hydrogen) atoms. The van der Waals surface area contributed by atoms with Gasteiger partial charge >= 0.3 is 0 Å². The van der Waals surface area contributed by atoms with Crippen LogP contribution in [0.3, 0.4) is 0 Å². The largest absolute Gasteiger partial charge is 0.462 e. The van der Waals surface area contributed by atoms with Crippen LogP contribution in [0.4, 0.5) is 0 Å². The SMILES string of the molecule is OCc1ccc(CN2CCC[C@@H]3CN(C/C=C/c4ccccc4)CC[C@H]32)o1. The summed E-state index contributed by atoms with van der Waals surface area (Å²) in [5.41, 5.74) is 1.27. The molecule has 0 saturated carbocycles. The van der Waals surface area contributed by atoms with Crippen molar-refractivity contribution in [2.75, 3.05) is 26.2 Å². The van der Waals surface area contributed by atoms with Crippen LogP contribution in [0.25, 0.3) is 6.08 Å². The smallest absolute Gasteiger partial charge is 0.129 e. The molecule has 0 bridgehead atoms. The Morgan fingerprint density at radius 1 is 1.04 bits per heavy atom. The Bertz CT molecular complexity index is 740. The summed E-state index contributed by atoms with van der Waals surface area (Å²) in [6.07, 6.45) is 8.37. The van der Waals surface area contributed by atoms with Crippen molar-refractivity contribution in [1.82, 2.24) is 9.80 Å². The average Bonchev–Trinajstić information content (AvgIpc) is 3.16. The van der Waals surface area contributed by atoms with E-state index in [1.807, 2.05) is 12.1 Å². The van der Waals surface area contributed by atoms with Gasteiger partial charge in [-0.2, -0.15) is 0 Å². The standard InChI is InChI=1S/C23H30N2O2/c26-18-22-11-10-21(27-22)17-25-14-5-9-20-16-24(15-12-23(20)25)13-4-8-19-6-2-1-3-7-19/h1-4,6-8,10-11,20,23,26H,5,9,12-18H2/b8-4+/t20-,23-/m1/s1. The summed E-state index contributed by atoms with van der Waals surface area (Å²) < 4.78 is 5.72. The molecule has 2 aliphatic rings. The van der Waals surface area contributed by atoms with Gasteiger partial charge in [0.25, 0.3) is 0 Å². The molecule has 2 atom stereocenters. The lowest BCUT2D eigenvalue weighted by atomic mass is 9.83. The predicted octanol–water partition coefficient (Wildman–Crippen LogP) is 3.77. The minimum Gasteiger partial charge on any atom is -0.462 e. The van der Waals surface area contributed by atoms with Gasteiger partial charge in [0.1, 0.15) is 18.1 Å². The Balaban J connectivity index is 1.31. The van der Waals surface area contributed by atoms with Gasteiger partial charge in [-0.25, -0.2) is 0 Å². The van der Waals surface area contributed by atoms with E-state index in [0.29, 0.717) is 11.8 Å². The second-order valence-electron chi connectivity index (χ2n) is 7.83. The van der Waals surface area contributed by atoms with Gasteiger partial charge < -0.3 is 9.52 Å². The monoisotopic (exact) mass is 366 g/mol. The highest BCUT2D eigenvalue weighted by molar-refractivity contribution is 5.48. The molecule has 0 unspecified atom stereocenters. The number of rotatable bonds is 6. The third kappa shape index (κ3) is 4.70. The Morgan fingerprint density at radius 3 is 2.70 bits per heavy atom. The highest BCUT2D eigenvalue weighted by Crippen LogP contribution is 2.31. The normalized spacial score (nSPS) is 24.3. The maximum Gasteiger partial charge on any atom is 0.129 e. The number of benzene rings is 1. The summed E-state index contributed by atoms with van der Waals surface area (Å²) in [7, 11) is 0. The van der Waals surface area contributed by atoms with Crippen molar-refractivity contribution in [3.8, 4) is 0 Å². The van der Waals surface area contributed by atoms with Crippen molar-refractivity contribution in [2.24, 2.45) is 5.92 Å². The van der Waals surface area contributed by atoms with Crippen molar-refractivity contribution in [1.29, 1.82) is 0 Å². The van der Waals surface area contributed by atoms with Gasteiger partial charge in [-0.3, -0.25) is 9.80 Å². The molecule has 2 aliphatic heterocycles. The number of aliphatic hydroxyl groups excluding tert-OH is 1. The maximum atomic E-state index is 9.20. The molecule has 2 saturated heterocycles. The first-order chi connectivity index (χ1) is 13.3. The molecule has 0 aliphatic carbocycles. The van der Waals surface area contributed by atoms with E-state index in [9.17, 15) is 5.11 Å². The van der Waals surface area contributed by atoms with E-state index in [1.54, 1.807) is 0 Å². The van der Waals surface area contributed by atoms with Crippen LogP contribution in [-0.2, 0) is 13.2 Å². The molecular weight excluding hydrogens is 336 g/mol. The Labute approximate surface area is 162 Å². The fraction of sp³-hybridized carbons (Fsp3) is 0.478. The second-order valence-corrected chi connectivity index (χ2v) is 7.83. The zero-order valence-electron chi connectivity index (χ0n) is 16.0. The minimum atomic E-state index is -0.0164. The highest BCUT2D eigenvalue weighted by Gasteiger charge is 2.35. The minimum absolute atomic E-state index is 0.0164. The third-order valence-corrected chi connectivity index (χ3v) is 5.97. The fourth-order valence-corrected chi connectivity index (χ4v) is 4.64. The lowest BCUT2D eigenvalue weighted by Gasteiger charge is -2.47. The van der Waals surface area contributed by atoms with Crippen molar-refractivity contribution in [2.45, 2.75) is 38.5 Å². The number of furan rings is 1. The van der Waals surface area contributed by atoms with Crippen LogP contribution in [0.2, 0.25) is 0 Å². The van der Waals surface area contributed by atoms with E-state index < -0.39 is 0 Å². The second kappa shape index (κ2) is 8.87. The van der Waals surface area contributed by atoms with Crippen LogP contribution in [0.15, 0.2) is 53.0 Å². The molecule has 4 heteroatoms. The van der Waals surface area contributed by atoms with Crippen LogP contribution < -0.4 is 0 Å². The van der Waals surface area contributed by atoms with E-state index in [1.165, 1.54) is 31.4 Å². The lowest BCUT2D eigenvalue weighted by molar-refractivity contribution is 0.0181. The molecule has 2 aromatic rings. The maximum absolute atomic E-state index is 9.20. The highest BCUT2D eigenvalue weighted by atomic mass is 16.4. The molecule has 0 radical (unpaired) electrons. The summed E-state index contributed by atoms with van der Waals surface area (Å²) in [5, 5.41) is 9.20. The van der Waals surface area contributed by atoms with E-state index in [0.717, 1.165) is 37.9 Å². The molecule has 1 N–H and O–H groups in total. The van der Waals surface area contributed by atoms with Gasteiger partial charge in [0.15, 0.2) is 0 Å². The number of hydrogen-bond acceptors (Lipinski definition) is 4. The van der Waals surface area contributed by atoms with E-state index >= 15 is 0 Å². The number of hydrogen-bond donors (Lipinski definition) is 1. The van der Waals surface area contributed by atoms with E-state index in [-0.39, 0.29) is 6.61 Å². The molecule has 4 rings (SSSR count). The molecule has 3 heterocycles. The Kier molecular flexibility index (Phi) is 6.07. The summed E-state index contributed by atoms with van der Waals surface area (Å²) in [5.74, 6) is 2.40. The molecule has 1 aromatic carbocycles. The first-order valence-corrected chi connectivity index (χ1v) is 10.2. The van der Waals surface area contributed by atoms with Gasteiger partial charge in [-0.1, -0.05) is 42.5 Å². The fourth-order valence-electron chi connectivity index (χ4n) is 4.64. The molecule has 1 aromatic heterocycles. The number of fused-ring (bicyclic) bond motifs is 1. The van der Waals surface area contributed by atoms with Gasteiger partial charge in [0.2, 0.25) is 0 Å². The molecule has 0 spiro atoms. The number of likely N-dealkylation sites (tertiary alicyclic amines) is 2. The third-order valence-electron chi connectivity index (χ3n) is 5.97. The van der Waals surface area contributed by atoms with Crippen LogP contribution in [0, 0.1) is 5.92 Å². The van der Waals surface area contributed by atoms with Gasteiger partial charge in [0.05, 0.1) is 6.54 Å². The van der Waals surface area contributed by atoms with Crippen LogP contribution in [0.1, 0.15) is 36.3 Å². The van der Waals surface area contributed by atoms with Crippen molar-refractivity contribution in [3.05, 3.63) is 65.6 Å². The molecule has 0 amide bonds. The zero-order valence-corrected chi connectivity index (χ0v) is 16.0. The lowest BCUT2D eigenvalue weighted by Crippen LogP contribution is -2.53. The Morgan fingerprint density at radius 2 is 1.89 bits per heavy atom. The van der Waals surface area contributed by atoms with Crippen molar-refractivity contribution in [3.63, 3.8) is 0 Å². The average molecular weight is 367 g/mol. The van der Waals surface area contributed by atoms with Gasteiger partial charge in [-0.15, -0.1) is 0 Å². The van der Waals surface area contributed by atoms with Crippen LogP contribution in [-0.4, -0.2) is 47.1 Å². The molecule has 4 nitrogen and oxygen atoms in total. The van der Waals surface area contributed by atoms with Crippen LogP contribution in [0.5, 0.6) is 0 Å². The van der Waals surface area contributed by atoms with Crippen LogP contribution >= 0.6 is 0 Å². The summed E-state index contributed by atoms with van der Waals surface area (Å²) in [4.78, 5) is 5.20. The summed E-state index contributed by atoms with van der Waals surface area (Å²) in [6, 6.07) is 15.1. The molecular formula is C23H30N2O2. The van der Waals surface area contributed by atoms with E-state index in [2.05, 4.69) is 52.3 Å². The topological polar surface area (TPSA) is 39.9 Å².